The Morgan fingerprint density at radius 3 is 3.00 bits per heavy atom. The van der Waals surface area contributed by atoms with Crippen molar-refractivity contribution in [3.63, 3.8) is 0 Å². The highest BCUT2D eigenvalue weighted by Gasteiger charge is 2.33. The van der Waals surface area contributed by atoms with Gasteiger partial charge >= 0.3 is 0 Å². The third-order valence-electron chi connectivity index (χ3n) is 3.08. The van der Waals surface area contributed by atoms with Crippen molar-refractivity contribution in [3.05, 3.63) is 17.5 Å². The minimum atomic E-state index is 0.375. The summed E-state index contributed by atoms with van der Waals surface area (Å²) >= 11 is 0. The molecule has 1 aromatic rings. The van der Waals surface area contributed by atoms with Gasteiger partial charge in [0, 0.05) is 25.7 Å². The lowest BCUT2D eigenvalue weighted by Crippen LogP contribution is -2.29. The van der Waals surface area contributed by atoms with E-state index in [0.29, 0.717) is 17.9 Å². The van der Waals surface area contributed by atoms with Crippen LogP contribution in [0, 0.1) is 5.41 Å². The van der Waals surface area contributed by atoms with E-state index in [0.717, 1.165) is 12.8 Å². The molecule has 1 heterocycles. The summed E-state index contributed by atoms with van der Waals surface area (Å²) in [6, 6.07) is 0. The molecule has 0 saturated heterocycles. The minimum Gasteiger partial charge on any atom is -0.330 e. The summed E-state index contributed by atoms with van der Waals surface area (Å²) in [7, 11) is 1.99. The van der Waals surface area contributed by atoms with Gasteiger partial charge in [0.15, 0.2) is 0 Å². The maximum Gasteiger partial charge on any atom is 0.0700 e. The SMILES string of the molecule is Cn1cc2c(n1)C(CN)CC(C)(C)C2. The van der Waals surface area contributed by atoms with E-state index in [1.807, 2.05) is 11.7 Å². The topological polar surface area (TPSA) is 43.8 Å². The van der Waals surface area contributed by atoms with Crippen molar-refractivity contribution >= 4 is 0 Å². The zero-order valence-corrected chi connectivity index (χ0v) is 9.25. The molecule has 1 aromatic heterocycles. The molecule has 0 bridgehead atoms. The van der Waals surface area contributed by atoms with Gasteiger partial charge in [0.05, 0.1) is 5.69 Å². The Bertz CT molecular complexity index is 338. The molecule has 0 fully saturated rings. The standard InChI is InChI=1S/C11H19N3/c1-11(2)4-8(6-12)10-9(5-11)7-14(3)13-10/h7-8H,4-6,12H2,1-3H3. The lowest BCUT2D eigenvalue weighted by Gasteiger charge is -2.33. The number of hydrogen-bond acceptors (Lipinski definition) is 2. The van der Waals surface area contributed by atoms with Crippen LogP contribution in [0.1, 0.15) is 37.4 Å². The summed E-state index contributed by atoms with van der Waals surface area (Å²) in [5.41, 5.74) is 8.79. The van der Waals surface area contributed by atoms with Gasteiger partial charge in [-0.05, 0) is 23.8 Å². The van der Waals surface area contributed by atoms with E-state index >= 15 is 0 Å². The predicted octanol–water partition coefficient (Wildman–Crippen LogP) is 1.43. The zero-order chi connectivity index (χ0) is 10.3. The molecule has 0 spiro atoms. The summed E-state index contributed by atoms with van der Waals surface area (Å²) < 4.78 is 1.91. The molecule has 1 aliphatic carbocycles. The molecule has 0 amide bonds. The van der Waals surface area contributed by atoms with E-state index in [9.17, 15) is 0 Å². The molecule has 2 rings (SSSR count). The lowest BCUT2D eigenvalue weighted by molar-refractivity contribution is 0.280. The summed E-state index contributed by atoms with van der Waals surface area (Å²) in [6.45, 7) is 5.34. The second kappa shape index (κ2) is 3.09. The fraction of sp³-hybridized carbons (Fsp3) is 0.727. The number of nitrogens with two attached hydrogens (primary N) is 1. The molecule has 2 N–H and O–H groups in total. The highest BCUT2D eigenvalue weighted by atomic mass is 15.3. The third kappa shape index (κ3) is 1.57. The molecule has 3 nitrogen and oxygen atoms in total. The molecule has 0 aliphatic heterocycles. The van der Waals surface area contributed by atoms with Crippen LogP contribution in [0.3, 0.4) is 0 Å². The van der Waals surface area contributed by atoms with Crippen LogP contribution < -0.4 is 5.73 Å². The number of aryl methyl sites for hydroxylation is 1. The molecule has 3 heteroatoms. The third-order valence-corrected chi connectivity index (χ3v) is 3.08. The largest absolute Gasteiger partial charge is 0.330 e. The normalized spacial score (nSPS) is 24.7. The molecule has 1 atom stereocenters. The number of nitrogens with zero attached hydrogens (tertiary/aromatic N) is 2. The van der Waals surface area contributed by atoms with E-state index in [-0.39, 0.29) is 0 Å². The van der Waals surface area contributed by atoms with Crippen molar-refractivity contribution in [1.29, 1.82) is 0 Å². The smallest absolute Gasteiger partial charge is 0.0700 e. The Kier molecular flexibility index (Phi) is 2.14. The maximum absolute atomic E-state index is 5.80. The van der Waals surface area contributed by atoms with E-state index < -0.39 is 0 Å². The van der Waals surface area contributed by atoms with Crippen molar-refractivity contribution in [2.75, 3.05) is 6.54 Å². The van der Waals surface area contributed by atoms with Crippen LogP contribution in [0.5, 0.6) is 0 Å². The van der Waals surface area contributed by atoms with E-state index in [4.69, 9.17) is 5.73 Å². The van der Waals surface area contributed by atoms with Gasteiger partial charge in [-0.3, -0.25) is 4.68 Å². The molecule has 0 radical (unpaired) electrons. The van der Waals surface area contributed by atoms with E-state index in [1.165, 1.54) is 11.3 Å². The molecule has 78 valence electrons. The van der Waals surface area contributed by atoms with Gasteiger partial charge in [-0.15, -0.1) is 0 Å². The van der Waals surface area contributed by atoms with Crippen molar-refractivity contribution in [2.24, 2.45) is 18.2 Å². The van der Waals surface area contributed by atoms with Gasteiger partial charge in [0.25, 0.3) is 0 Å². The van der Waals surface area contributed by atoms with Gasteiger partial charge in [-0.1, -0.05) is 13.8 Å². The Morgan fingerprint density at radius 1 is 1.64 bits per heavy atom. The van der Waals surface area contributed by atoms with Crippen LogP contribution in [-0.4, -0.2) is 16.3 Å². The van der Waals surface area contributed by atoms with Crippen molar-refractivity contribution < 1.29 is 0 Å². The van der Waals surface area contributed by atoms with Gasteiger partial charge in [-0.25, -0.2) is 0 Å². The van der Waals surface area contributed by atoms with Crippen molar-refractivity contribution in [3.8, 4) is 0 Å². The fourth-order valence-electron chi connectivity index (χ4n) is 2.58. The van der Waals surface area contributed by atoms with E-state index in [1.54, 1.807) is 0 Å². The average Bonchev–Trinajstić information content (AvgIpc) is 2.41. The lowest BCUT2D eigenvalue weighted by atomic mass is 9.72. The predicted molar refractivity (Wildman–Crippen MR) is 57.1 cm³/mol. The Hall–Kier alpha value is -0.830. The van der Waals surface area contributed by atoms with Crippen LogP contribution in [0.15, 0.2) is 6.20 Å². The van der Waals surface area contributed by atoms with Crippen molar-refractivity contribution in [1.82, 2.24) is 9.78 Å². The van der Waals surface area contributed by atoms with Crippen LogP contribution in [0.2, 0.25) is 0 Å². The number of rotatable bonds is 1. The maximum atomic E-state index is 5.80. The Balaban J connectivity index is 2.40. The van der Waals surface area contributed by atoms with Crippen LogP contribution in [0.25, 0.3) is 0 Å². The average molecular weight is 193 g/mol. The second-order valence-electron chi connectivity index (χ2n) is 5.19. The molecule has 1 aliphatic rings. The molecule has 14 heavy (non-hydrogen) atoms. The molecular weight excluding hydrogens is 174 g/mol. The molecule has 0 saturated carbocycles. The highest BCUT2D eigenvalue weighted by molar-refractivity contribution is 5.26. The highest BCUT2D eigenvalue weighted by Crippen LogP contribution is 2.40. The van der Waals surface area contributed by atoms with Crippen molar-refractivity contribution in [2.45, 2.75) is 32.6 Å². The molecule has 0 aromatic carbocycles. The van der Waals surface area contributed by atoms with Gasteiger partial charge in [0.1, 0.15) is 0 Å². The molecular formula is C11H19N3. The van der Waals surface area contributed by atoms with Crippen LogP contribution >= 0.6 is 0 Å². The first kappa shape index (κ1) is 9.71. The summed E-state index contributed by atoms with van der Waals surface area (Å²) in [6.07, 6.45) is 4.43. The fourth-order valence-corrected chi connectivity index (χ4v) is 2.58. The van der Waals surface area contributed by atoms with Gasteiger partial charge < -0.3 is 5.73 Å². The molecule has 1 unspecified atom stereocenters. The Labute approximate surface area is 85.3 Å². The first-order chi connectivity index (χ1) is 6.52. The van der Waals surface area contributed by atoms with Gasteiger partial charge in [0.2, 0.25) is 0 Å². The van der Waals surface area contributed by atoms with Crippen LogP contribution in [0.4, 0.5) is 0 Å². The summed E-state index contributed by atoms with van der Waals surface area (Å²) in [5.74, 6) is 0.454. The first-order valence-corrected chi connectivity index (χ1v) is 5.24. The minimum absolute atomic E-state index is 0.375. The quantitative estimate of drug-likeness (QED) is 0.733. The summed E-state index contributed by atoms with van der Waals surface area (Å²) in [4.78, 5) is 0. The van der Waals surface area contributed by atoms with E-state index in [2.05, 4.69) is 25.1 Å². The summed E-state index contributed by atoms with van der Waals surface area (Å²) in [5, 5.41) is 4.51. The zero-order valence-electron chi connectivity index (χ0n) is 9.25. The number of fused-ring (bicyclic) bond motifs is 1. The van der Waals surface area contributed by atoms with Crippen LogP contribution in [-0.2, 0) is 13.5 Å². The first-order valence-electron chi connectivity index (χ1n) is 5.24. The second-order valence-corrected chi connectivity index (χ2v) is 5.19. The van der Waals surface area contributed by atoms with Gasteiger partial charge in [-0.2, -0.15) is 5.10 Å². The Morgan fingerprint density at radius 2 is 2.36 bits per heavy atom. The number of aromatic nitrogens is 2. The number of hydrogen-bond donors (Lipinski definition) is 1. The monoisotopic (exact) mass is 193 g/mol.